The molecular weight excluding hydrogens is 352 g/mol. The number of nitrogens with zero attached hydrogens (tertiary/aromatic N) is 3. The number of piperazine rings is 1. The van der Waals surface area contributed by atoms with Gasteiger partial charge in [0.2, 0.25) is 0 Å². The largest absolute Gasteiger partial charge is 0.497 e. The van der Waals surface area contributed by atoms with Crippen molar-refractivity contribution in [1.82, 2.24) is 10.2 Å². The van der Waals surface area contributed by atoms with Crippen LogP contribution in [0.25, 0.3) is 0 Å². The van der Waals surface area contributed by atoms with Crippen LogP contribution in [0.15, 0.2) is 29.3 Å². The summed E-state index contributed by atoms with van der Waals surface area (Å²) in [5.41, 5.74) is 1.17. The molecule has 0 unspecified atom stereocenters. The van der Waals surface area contributed by atoms with E-state index < -0.39 is 9.84 Å². The Morgan fingerprint density at radius 2 is 2.00 bits per heavy atom. The van der Waals surface area contributed by atoms with E-state index in [1.165, 1.54) is 11.9 Å². The van der Waals surface area contributed by atoms with E-state index in [2.05, 4.69) is 32.2 Å². The van der Waals surface area contributed by atoms with E-state index in [-0.39, 0.29) is 5.75 Å². The molecule has 2 rings (SSSR count). The van der Waals surface area contributed by atoms with Gasteiger partial charge in [0.1, 0.15) is 15.6 Å². The third kappa shape index (κ3) is 6.40. The van der Waals surface area contributed by atoms with E-state index in [9.17, 15) is 8.42 Å². The highest BCUT2D eigenvalue weighted by Crippen LogP contribution is 2.22. The molecule has 1 saturated heterocycles. The van der Waals surface area contributed by atoms with Gasteiger partial charge in [-0.3, -0.25) is 4.99 Å². The molecular formula is C18H30N4O3S. The van der Waals surface area contributed by atoms with Crippen molar-refractivity contribution >= 4 is 21.5 Å². The third-order valence-electron chi connectivity index (χ3n) is 4.27. The van der Waals surface area contributed by atoms with Gasteiger partial charge in [0, 0.05) is 57.3 Å². The summed E-state index contributed by atoms with van der Waals surface area (Å²) in [5.74, 6) is 1.91. The van der Waals surface area contributed by atoms with Gasteiger partial charge in [0.25, 0.3) is 0 Å². The van der Waals surface area contributed by atoms with E-state index in [1.807, 2.05) is 19.1 Å². The number of ether oxygens (including phenoxy) is 1. The van der Waals surface area contributed by atoms with Gasteiger partial charge < -0.3 is 19.9 Å². The highest BCUT2D eigenvalue weighted by molar-refractivity contribution is 7.90. The molecule has 1 aliphatic rings. The summed E-state index contributed by atoms with van der Waals surface area (Å²) in [6, 6.07) is 8.11. The summed E-state index contributed by atoms with van der Waals surface area (Å²) >= 11 is 0. The van der Waals surface area contributed by atoms with Crippen LogP contribution in [0.2, 0.25) is 0 Å². The van der Waals surface area contributed by atoms with Crippen molar-refractivity contribution in [1.29, 1.82) is 0 Å². The minimum Gasteiger partial charge on any atom is -0.497 e. The summed E-state index contributed by atoms with van der Waals surface area (Å²) in [4.78, 5) is 9.17. The van der Waals surface area contributed by atoms with Gasteiger partial charge >= 0.3 is 0 Å². The van der Waals surface area contributed by atoms with Gasteiger partial charge in [-0.05, 0) is 25.5 Å². The van der Waals surface area contributed by atoms with Gasteiger partial charge in [-0.15, -0.1) is 0 Å². The second-order valence-electron chi connectivity index (χ2n) is 6.39. The van der Waals surface area contributed by atoms with Gasteiger partial charge in [0.15, 0.2) is 5.96 Å². The van der Waals surface area contributed by atoms with Crippen LogP contribution < -0.4 is 15.0 Å². The zero-order valence-electron chi connectivity index (χ0n) is 15.9. The summed E-state index contributed by atoms with van der Waals surface area (Å²) in [5, 5.41) is 3.31. The molecule has 0 spiro atoms. The van der Waals surface area contributed by atoms with Crippen molar-refractivity contribution in [2.45, 2.75) is 13.3 Å². The lowest BCUT2D eigenvalue weighted by molar-refractivity contribution is 0.372. The van der Waals surface area contributed by atoms with E-state index in [0.29, 0.717) is 13.0 Å². The van der Waals surface area contributed by atoms with E-state index >= 15 is 0 Å². The monoisotopic (exact) mass is 382 g/mol. The zero-order chi connectivity index (χ0) is 19.0. The second kappa shape index (κ2) is 9.66. The topological polar surface area (TPSA) is 74.2 Å². The average molecular weight is 383 g/mol. The number of nitrogens with one attached hydrogen (secondary N) is 1. The van der Waals surface area contributed by atoms with Crippen molar-refractivity contribution in [2.24, 2.45) is 4.99 Å². The lowest BCUT2D eigenvalue weighted by Crippen LogP contribution is -2.52. The zero-order valence-corrected chi connectivity index (χ0v) is 16.8. The van der Waals surface area contributed by atoms with Crippen LogP contribution in [0, 0.1) is 0 Å². The summed E-state index contributed by atoms with van der Waals surface area (Å²) < 4.78 is 27.8. The molecule has 1 aromatic rings. The molecule has 7 nitrogen and oxygen atoms in total. The molecule has 1 aliphatic heterocycles. The lowest BCUT2D eigenvalue weighted by Gasteiger charge is -2.37. The molecule has 0 radical (unpaired) electrons. The molecule has 0 saturated carbocycles. The fraction of sp³-hybridized carbons (Fsp3) is 0.611. The van der Waals surface area contributed by atoms with Crippen molar-refractivity contribution in [3.05, 3.63) is 24.3 Å². The fourth-order valence-electron chi connectivity index (χ4n) is 2.92. The second-order valence-corrected chi connectivity index (χ2v) is 8.65. The average Bonchev–Trinajstić information content (AvgIpc) is 2.63. The minimum absolute atomic E-state index is 0.180. The third-order valence-corrected chi connectivity index (χ3v) is 5.30. The Balaban J connectivity index is 1.92. The first-order valence-corrected chi connectivity index (χ1v) is 11.1. The number of guanidine groups is 1. The number of sulfone groups is 1. The smallest absolute Gasteiger partial charge is 0.194 e. The quantitative estimate of drug-likeness (QED) is 0.434. The predicted octanol–water partition coefficient (Wildman–Crippen LogP) is 1.22. The Bertz CT molecular complexity index is 698. The first-order valence-electron chi connectivity index (χ1n) is 9.03. The van der Waals surface area contributed by atoms with Crippen LogP contribution in [0.4, 0.5) is 5.69 Å². The van der Waals surface area contributed by atoms with Crippen molar-refractivity contribution in [3.63, 3.8) is 0 Å². The van der Waals surface area contributed by atoms with Gasteiger partial charge in [-0.1, -0.05) is 6.07 Å². The van der Waals surface area contributed by atoms with Crippen molar-refractivity contribution in [2.75, 3.05) is 63.3 Å². The van der Waals surface area contributed by atoms with Crippen LogP contribution >= 0.6 is 0 Å². The number of hydrogen-bond acceptors (Lipinski definition) is 5. The Morgan fingerprint density at radius 3 is 2.62 bits per heavy atom. The molecule has 26 heavy (non-hydrogen) atoms. The Hall–Kier alpha value is -1.96. The van der Waals surface area contributed by atoms with Crippen LogP contribution in [0.1, 0.15) is 13.3 Å². The van der Waals surface area contributed by atoms with Crippen LogP contribution in [0.5, 0.6) is 5.75 Å². The number of methoxy groups -OCH3 is 1. The predicted molar refractivity (Wildman–Crippen MR) is 107 cm³/mol. The molecule has 1 aromatic carbocycles. The molecule has 1 fully saturated rings. The highest BCUT2D eigenvalue weighted by Gasteiger charge is 2.20. The SMILES string of the molecule is CCNC(=NCCCS(C)(=O)=O)N1CCN(c2cccc(OC)c2)CC1. The maximum atomic E-state index is 11.2. The molecule has 1 N–H and O–H groups in total. The van der Waals surface area contributed by atoms with Gasteiger partial charge in [0.05, 0.1) is 12.9 Å². The molecule has 1 heterocycles. The number of rotatable bonds is 7. The molecule has 146 valence electrons. The number of anilines is 1. The summed E-state index contributed by atoms with van der Waals surface area (Å²) in [6.07, 6.45) is 1.82. The van der Waals surface area contributed by atoms with E-state index in [4.69, 9.17) is 4.74 Å². The highest BCUT2D eigenvalue weighted by atomic mass is 32.2. The number of aliphatic imine (C=N–C) groups is 1. The summed E-state index contributed by atoms with van der Waals surface area (Å²) in [7, 11) is -1.24. The summed E-state index contributed by atoms with van der Waals surface area (Å²) in [6.45, 7) is 6.90. The van der Waals surface area contributed by atoms with Crippen molar-refractivity contribution in [3.8, 4) is 5.75 Å². The van der Waals surface area contributed by atoms with Gasteiger partial charge in [-0.2, -0.15) is 0 Å². The van der Waals surface area contributed by atoms with E-state index in [0.717, 1.165) is 44.4 Å². The number of benzene rings is 1. The number of hydrogen-bond donors (Lipinski definition) is 1. The van der Waals surface area contributed by atoms with Crippen molar-refractivity contribution < 1.29 is 13.2 Å². The lowest BCUT2D eigenvalue weighted by atomic mass is 10.2. The van der Waals surface area contributed by atoms with Gasteiger partial charge in [-0.25, -0.2) is 8.42 Å². The minimum atomic E-state index is -2.92. The standard InChI is InChI=1S/C18H30N4O3S/c1-4-19-18(20-9-6-14-26(3,23)24)22-12-10-21(11-13-22)16-7-5-8-17(15-16)25-2/h5,7-8,15H,4,6,9-14H2,1-3H3,(H,19,20). The molecule has 0 aliphatic carbocycles. The molecule has 0 atom stereocenters. The first kappa shape index (κ1) is 20.4. The maximum Gasteiger partial charge on any atom is 0.194 e. The molecule has 0 amide bonds. The Labute approximate surface area is 157 Å². The first-order chi connectivity index (χ1) is 12.4. The normalized spacial score (nSPS) is 15.9. The Kier molecular flexibility index (Phi) is 7.56. The fourth-order valence-corrected chi connectivity index (χ4v) is 3.57. The van der Waals surface area contributed by atoms with E-state index in [1.54, 1.807) is 7.11 Å². The molecule has 8 heteroatoms. The molecule has 0 aromatic heterocycles. The van der Waals surface area contributed by atoms with Crippen LogP contribution in [0.3, 0.4) is 0 Å². The van der Waals surface area contributed by atoms with Crippen LogP contribution in [-0.4, -0.2) is 77.7 Å². The maximum absolute atomic E-state index is 11.2. The Morgan fingerprint density at radius 1 is 1.27 bits per heavy atom. The molecule has 0 bridgehead atoms. The van der Waals surface area contributed by atoms with Crippen LogP contribution in [-0.2, 0) is 9.84 Å².